The maximum Gasteiger partial charge on any atom is 0.342 e. The molecule has 1 amide bonds. The van der Waals surface area contributed by atoms with E-state index in [4.69, 9.17) is 9.47 Å². The smallest absolute Gasteiger partial charge is 0.342 e. The van der Waals surface area contributed by atoms with Crippen LogP contribution in [0.25, 0.3) is 22.3 Å². The van der Waals surface area contributed by atoms with E-state index < -0.39 is 5.97 Å². The summed E-state index contributed by atoms with van der Waals surface area (Å²) >= 11 is 1.50. The Hall–Kier alpha value is -6.92. The van der Waals surface area contributed by atoms with Crippen molar-refractivity contribution < 1.29 is 19.1 Å². The summed E-state index contributed by atoms with van der Waals surface area (Å²) in [6.45, 7) is 2.80. The molecule has 0 aromatic heterocycles. The fourth-order valence-electron chi connectivity index (χ4n) is 6.52. The normalized spacial score (nSPS) is 10.8. The number of hydrogen-bond acceptors (Lipinski definition) is 7. The van der Waals surface area contributed by atoms with E-state index in [0.29, 0.717) is 17.0 Å². The van der Waals surface area contributed by atoms with Gasteiger partial charge in [-0.3, -0.25) is 4.79 Å². The molecule has 0 N–H and O–H groups in total. The summed E-state index contributed by atoms with van der Waals surface area (Å²) in [5.74, 6) is -0.321. The van der Waals surface area contributed by atoms with Gasteiger partial charge >= 0.3 is 5.97 Å². The molecule has 0 aliphatic carbocycles. The van der Waals surface area contributed by atoms with Crippen molar-refractivity contribution >= 4 is 29.5 Å². The molecule has 0 aliphatic heterocycles. The van der Waals surface area contributed by atoms with Crippen molar-refractivity contribution in [3.05, 3.63) is 209 Å². The molecule has 0 saturated carbocycles. The monoisotopic (exact) mass is 793 g/mol. The van der Waals surface area contributed by atoms with Gasteiger partial charge < -0.3 is 14.4 Å². The minimum Gasteiger partial charge on any atom is -0.488 e. The van der Waals surface area contributed by atoms with E-state index in [-0.39, 0.29) is 37.8 Å². The Bertz CT molecular complexity index is 2540. The van der Waals surface area contributed by atoms with Crippen LogP contribution in [-0.4, -0.2) is 29.8 Å². The number of carbonyl (C=O) groups excluding carboxylic acids is 2. The number of anilines is 1. The maximum absolute atomic E-state index is 14.4. The minimum absolute atomic E-state index is 0.117. The predicted molar refractivity (Wildman–Crippen MR) is 236 cm³/mol. The lowest BCUT2D eigenvalue weighted by Crippen LogP contribution is -2.37. The van der Waals surface area contributed by atoms with Crippen molar-refractivity contribution in [2.45, 2.75) is 31.6 Å². The first-order valence-electron chi connectivity index (χ1n) is 19.3. The first-order valence-corrected chi connectivity index (χ1v) is 20.1. The molecular weight excluding hydrogens is 751 g/mol. The molecule has 0 saturated heterocycles. The van der Waals surface area contributed by atoms with Gasteiger partial charge in [-0.05, 0) is 101 Å². The Balaban J connectivity index is 1.16. The molecule has 0 fully saturated rings. The molecule has 0 aliphatic rings. The molecule has 7 nitrogen and oxygen atoms in total. The number of aryl methyl sites for hydroxylation is 1. The van der Waals surface area contributed by atoms with Crippen LogP contribution in [0.15, 0.2) is 181 Å². The predicted octanol–water partition coefficient (Wildman–Crippen LogP) is 11.3. The van der Waals surface area contributed by atoms with Gasteiger partial charge in [0.25, 0.3) is 0 Å². The first kappa shape index (κ1) is 40.3. The van der Waals surface area contributed by atoms with E-state index >= 15 is 0 Å². The second kappa shape index (κ2) is 19.5. The molecule has 0 spiro atoms. The topological polar surface area (TPSA) is 82.9 Å². The molecule has 0 heterocycles. The average molecular weight is 794 g/mol. The highest BCUT2D eigenvalue weighted by Crippen LogP contribution is 2.31. The summed E-state index contributed by atoms with van der Waals surface area (Å²) in [5, 5.41) is 9.33. The molecule has 292 valence electrons. The number of carbonyl (C=O) groups is 2. The first-order chi connectivity index (χ1) is 28.8. The number of ether oxygens (including phenoxy) is 2. The van der Waals surface area contributed by atoms with Gasteiger partial charge in [-0.15, -0.1) is 0 Å². The summed E-state index contributed by atoms with van der Waals surface area (Å²) in [7, 11) is 1.90. The van der Waals surface area contributed by atoms with Crippen LogP contribution >= 0.6 is 11.9 Å². The highest BCUT2D eigenvalue weighted by molar-refractivity contribution is 7.97. The molecule has 0 radical (unpaired) electrons. The molecule has 7 aromatic carbocycles. The van der Waals surface area contributed by atoms with Gasteiger partial charge in [0.05, 0.1) is 24.7 Å². The summed E-state index contributed by atoms with van der Waals surface area (Å²) in [6.07, 6.45) is 0. The molecular formula is C51H43N3O4S. The van der Waals surface area contributed by atoms with Gasteiger partial charge in [-0.2, -0.15) is 5.26 Å². The molecule has 0 atom stereocenters. The maximum atomic E-state index is 14.4. The number of amides is 1. The fourth-order valence-corrected chi connectivity index (χ4v) is 7.32. The van der Waals surface area contributed by atoms with Crippen LogP contribution in [0.4, 0.5) is 5.69 Å². The van der Waals surface area contributed by atoms with E-state index in [9.17, 15) is 14.9 Å². The van der Waals surface area contributed by atoms with Crippen LogP contribution in [0.3, 0.4) is 0 Å². The summed E-state index contributed by atoms with van der Waals surface area (Å²) < 4.78 is 14.0. The van der Waals surface area contributed by atoms with Gasteiger partial charge in [0.15, 0.2) is 0 Å². The van der Waals surface area contributed by atoms with Crippen LogP contribution in [-0.2, 0) is 29.3 Å². The third-order valence-corrected chi connectivity index (χ3v) is 10.6. The van der Waals surface area contributed by atoms with Crippen LogP contribution in [0, 0.1) is 18.3 Å². The molecule has 7 rings (SSSR count). The van der Waals surface area contributed by atoms with Crippen LogP contribution in [0.1, 0.15) is 38.2 Å². The zero-order chi connectivity index (χ0) is 41.0. The Kier molecular flexibility index (Phi) is 13.3. The van der Waals surface area contributed by atoms with Gasteiger partial charge in [0, 0.05) is 16.6 Å². The number of esters is 1. The van der Waals surface area contributed by atoms with Crippen molar-refractivity contribution in [1.29, 1.82) is 5.26 Å². The van der Waals surface area contributed by atoms with Crippen LogP contribution in [0.2, 0.25) is 0 Å². The Labute approximate surface area is 350 Å². The fraction of sp³-hybridized carbons (Fsp3) is 0.118. The molecule has 0 unspecified atom stereocenters. The second-order valence-electron chi connectivity index (χ2n) is 14.2. The molecule has 7 aromatic rings. The van der Waals surface area contributed by atoms with Gasteiger partial charge in [0.1, 0.15) is 24.5 Å². The lowest BCUT2D eigenvalue weighted by Gasteiger charge is -2.26. The van der Waals surface area contributed by atoms with E-state index in [2.05, 4.69) is 54.6 Å². The van der Waals surface area contributed by atoms with E-state index in [0.717, 1.165) is 43.8 Å². The van der Waals surface area contributed by atoms with Crippen molar-refractivity contribution in [1.82, 2.24) is 4.31 Å². The lowest BCUT2D eigenvalue weighted by atomic mass is 9.98. The number of rotatable bonds is 15. The number of nitrogens with zero attached hydrogens (tertiary/aromatic N) is 3. The van der Waals surface area contributed by atoms with Crippen molar-refractivity contribution in [3.63, 3.8) is 0 Å². The zero-order valence-corrected chi connectivity index (χ0v) is 33.8. The molecule has 59 heavy (non-hydrogen) atoms. The Morgan fingerprint density at radius 1 is 0.627 bits per heavy atom. The van der Waals surface area contributed by atoms with Crippen molar-refractivity contribution in [3.8, 4) is 34.1 Å². The highest BCUT2D eigenvalue weighted by Gasteiger charge is 2.23. The molecule has 8 heteroatoms. The van der Waals surface area contributed by atoms with Gasteiger partial charge in [-0.1, -0.05) is 139 Å². The summed E-state index contributed by atoms with van der Waals surface area (Å²) in [5.41, 5.74) is 9.50. The van der Waals surface area contributed by atoms with Crippen LogP contribution < -0.4 is 9.64 Å². The standard InChI is InChI=1S/C51H43N3O4S/c1-37-16-27-47(28-17-37)59-53(2)34-50(55)54(33-38-18-20-42(21-19-38)43-22-24-44(25-23-43)45-15-9-14-41(30-45)32-52)46-26-29-48(51(56)58-36-40-12-7-4-8-13-40)49(31-46)57-35-39-10-5-3-6-11-39/h3-31H,33-36H2,1-2H3. The third-order valence-electron chi connectivity index (χ3n) is 9.73. The SMILES string of the molecule is Cc1ccc(SN(C)CC(=O)N(Cc2ccc(-c3ccc(-c4cccc(C#N)c4)cc3)cc2)c2ccc(C(=O)OCc3ccccc3)c(OCc3ccccc3)c2)cc1. The highest BCUT2D eigenvalue weighted by atomic mass is 32.2. The number of hydrogen-bond donors (Lipinski definition) is 0. The Morgan fingerprint density at radius 3 is 1.88 bits per heavy atom. The van der Waals surface area contributed by atoms with Gasteiger partial charge in [0.2, 0.25) is 5.91 Å². The largest absolute Gasteiger partial charge is 0.488 e. The quantitative estimate of drug-likeness (QED) is 0.0755. The summed E-state index contributed by atoms with van der Waals surface area (Å²) in [4.78, 5) is 30.7. The number of benzene rings is 7. The van der Waals surface area contributed by atoms with Crippen LogP contribution in [0.5, 0.6) is 5.75 Å². The zero-order valence-electron chi connectivity index (χ0n) is 33.0. The number of nitriles is 1. The van der Waals surface area contributed by atoms with E-state index in [1.54, 1.807) is 29.2 Å². The molecule has 0 bridgehead atoms. The van der Waals surface area contributed by atoms with E-state index in [1.807, 2.05) is 121 Å². The van der Waals surface area contributed by atoms with E-state index in [1.165, 1.54) is 17.5 Å². The lowest BCUT2D eigenvalue weighted by molar-refractivity contribution is -0.118. The summed E-state index contributed by atoms with van der Waals surface area (Å²) in [6, 6.07) is 58.9. The van der Waals surface area contributed by atoms with Crippen molar-refractivity contribution in [2.75, 3.05) is 18.5 Å². The average Bonchev–Trinajstić information content (AvgIpc) is 3.28. The van der Waals surface area contributed by atoms with Gasteiger partial charge in [-0.25, -0.2) is 9.10 Å². The third kappa shape index (κ3) is 10.9. The number of likely N-dealkylation sites (N-methyl/N-ethyl adjacent to an activating group) is 1. The Morgan fingerprint density at radius 2 is 1.24 bits per heavy atom. The second-order valence-corrected chi connectivity index (χ2v) is 15.4. The van der Waals surface area contributed by atoms with Crippen molar-refractivity contribution in [2.24, 2.45) is 0 Å². The minimum atomic E-state index is -0.519.